The minimum Gasteiger partial charge on any atom is -0.479 e. The normalized spacial score (nSPS) is 10.7. The molecule has 0 spiro atoms. The van der Waals surface area contributed by atoms with E-state index in [4.69, 9.17) is 21.7 Å². The molecule has 30 heavy (non-hydrogen) atoms. The number of fused-ring (bicyclic) bond motifs is 1. The van der Waals surface area contributed by atoms with Crippen LogP contribution in [0.3, 0.4) is 0 Å². The maximum atomic E-state index is 12.0. The number of aliphatic carboxylic acids is 2. The predicted octanol–water partition coefficient (Wildman–Crippen LogP) is 0.674. The Balaban J connectivity index is 1.66. The van der Waals surface area contributed by atoms with Gasteiger partial charge in [0.05, 0.1) is 5.52 Å². The van der Waals surface area contributed by atoms with E-state index < -0.39 is 23.9 Å². The number of carboxylic acid groups (broad SMARTS) is 2. The number of benzene rings is 2. The van der Waals surface area contributed by atoms with E-state index in [0.717, 1.165) is 5.56 Å². The van der Waals surface area contributed by atoms with Crippen molar-refractivity contribution in [3.8, 4) is 0 Å². The van der Waals surface area contributed by atoms with Crippen molar-refractivity contribution in [3.63, 3.8) is 0 Å². The smallest absolute Gasteiger partial charge is 0.338 e. The van der Waals surface area contributed by atoms with Crippen molar-refractivity contribution in [1.29, 1.82) is 0 Å². The maximum absolute atomic E-state index is 12.0. The maximum Gasteiger partial charge on any atom is 0.338 e. The first-order chi connectivity index (χ1) is 14.2. The number of amides is 1. The van der Waals surface area contributed by atoms with E-state index in [2.05, 4.69) is 15.3 Å². The van der Waals surface area contributed by atoms with E-state index in [9.17, 15) is 14.4 Å². The molecule has 0 aliphatic heterocycles. The first-order valence-corrected chi connectivity index (χ1v) is 8.66. The summed E-state index contributed by atoms with van der Waals surface area (Å²) in [6.07, 6.45) is 0. The Kier molecular flexibility index (Phi) is 5.63. The van der Waals surface area contributed by atoms with Crippen molar-refractivity contribution in [3.05, 3.63) is 53.6 Å². The van der Waals surface area contributed by atoms with E-state index in [-0.39, 0.29) is 17.3 Å². The molecule has 1 heterocycles. The average Bonchev–Trinajstić information content (AvgIpc) is 2.70. The third kappa shape index (κ3) is 4.52. The number of hydrogen-bond acceptors (Lipinski definition) is 8. The highest BCUT2D eigenvalue weighted by Gasteiger charge is 2.27. The highest BCUT2D eigenvalue weighted by atomic mass is 16.4. The van der Waals surface area contributed by atoms with Crippen LogP contribution in [0.15, 0.2) is 42.5 Å². The number of nitrogens with two attached hydrogens (primary N) is 2. The Hall–Kier alpha value is -4.41. The molecule has 8 N–H and O–H groups in total. The summed E-state index contributed by atoms with van der Waals surface area (Å²) in [5.41, 5.74) is 13.8. The summed E-state index contributed by atoms with van der Waals surface area (Å²) in [6, 6.07) is 9.61. The van der Waals surface area contributed by atoms with Gasteiger partial charge in [-0.15, -0.1) is 0 Å². The largest absolute Gasteiger partial charge is 0.479 e. The minimum atomic E-state index is -2.02. The summed E-state index contributed by atoms with van der Waals surface area (Å²) in [7, 11) is 0. The van der Waals surface area contributed by atoms with Crippen LogP contribution in [0.5, 0.6) is 0 Å². The van der Waals surface area contributed by atoms with Gasteiger partial charge in [0.2, 0.25) is 12.0 Å². The Morgan fingerprint density at radius 1 is 0.967 bits per heavy atom. The summed E-state index contributed by atoms with van der Waals surface area (Å²) >= 11 is 0. The highest BCUT2D eigenvalue weighted by molar-refractivity contribution is 6.04. The van der Waals surface area contributed by atoms with Gasteiger partial charge in [-0.25, -0.2) is 14.6 Å². The van der Waals surface area contributed by atoms with Gasteiger partial charge < -0.3 is 32.3 Å². The lowest BCUT2D eigenvalue weighted by Crippen LogP contribution is -2.46. The molecular formula is C19H18N6O5. The Morgan fingerprint density at radius 2 is 1.63 bits per heavy atom. The Labute approximate surface area is 169 Å². The van der Waals surface area contributed by atoms with E-state index >= 15 is 0 Å². The van der Waals surface area contributed by atoms with Crippen LogP contribution < -0.4 is 22.1 Å². The summed E-state index contributed by atoms with van der Waals surface area (Å²) in [5, 5.41) is 23.5. The van der Waals surface area contributed by atoms with E-state index in [0.29, 0.717) is 23.1 Å². The summed E-state index contributed by atoms with van der Waals surface area (Å²) in [6.45, 7) is 0.450. The molecule has 1 aromatic heterocycles. The molecule has 0 unspecified atom stereocenters. The number of hydrogen-bond donors (Lipinski definition) is 6. The monoisotopic (exact) mass is 410 g/mol. The van der Waals surface area contributed by atoms with Crippen molar-refractivity contribution < 1.29 is 24.6 Å². The molecule has 0 atom stereocenters. The van der Waals surface area contributed by atoms with Crippen LogP contribution in [0, 0.1) is 0 Å². The zero-order chi connectivity index (χ0) is 21.8. The molecule has 1 amide bonds. The summed E-state index contributed by atoms with van der Waals surface area (Å²) in [4.78, 5) is 41.9. The molecule has 154 valence electrons. The van der Waals surface area contributed by atoms with Crippen LogP contribution in [0.25, 0.3) is 10.9 Å². The molecule has 3 rings (SSSR count). The minimum absolute atomic E-state index is 0.105. The van der Waals surface area contributed by atoms with Crippen molar-refractivity contribution in [2.24, 2.45) is 0 Å². The van der Waals surface area contributed by atoms with Gasteiger partial charge in [-0.2, -0.15) is 4.98 Å². The first-order valence-electron chi connectivity index (χ1n) is 8.66. The number of carbonyl (C=O) groups excluding carboxylic acids is 1. The fraction of sp³-hybridized carbons (Fsp3) is 0.105. The SMILES string of the molecule is Nc1nc(N)c2cc(CNc3ccc(C(=O)NC(C(=O)O)C(=O)O)cc3)ccc2n1. The summed E-state index contributed by atoms with van der Waals surface area (Å²) in [5.74, 6) is -3.72. The van der Waals surface area contributed by atoms with Crippen LogP contribution in [0.2, 0.25) is 0 Å². The number of nitrogens with zero attached hydrogens (tertiary/aromatic N) is 2. The van der Waals surface area contributed by atoms with Crippen LogP contribution >= 0.6 is 0 Å². The molecule has 3 aromatic rings. The number of carboxylic acids is 2. The number of aromatic nitrogens is 2. The van der Waals surface area contributed by atoms with E-state index in [1.165, 1.54) is 12.1 Å². The molecule has 11 nitrogen and oxygen atoms in total. The van der Waals surface area contributed by atoms with Gasteiger partial charge in [-0.1, -0.05) is 6.07 Å². The van der Waals surface area contributed by atoms with Crippen molar-refractivity contribution in [1.82, 2.24) is 15.3 Å². The lowest BCUT2D eigenvalue weighted by molar-refractivity contribution is -0.150. The third-order valence-electron chi connectivity index (χ3n) is 4.22. The van der Waals surface area contributed by atoms with Gasteiger partial charge in [-0.3, -0.25) is 4.79 Å². The Morgan fingerprint density at radius 3 is 2.27 bits per heavy atom. The lowest BCUT2D eigenvalue weighted by atomic mass is 10.1. The standard InChI is InChI=1S/C19H18N6O5/c20-15-12-7-9(1-6-13(12)23-19(21)25-15)8-22-11-4-2-10(3-5-11)16(26)24-14(17(27)28)18(29)30/h1-7,14,22H,8H2,(H,24,26)(H,27,28)(H,29,30)(H4,20,21,23,25). The zero-order valence-corrected chi connectivity index (χ0v) is 15.5. The second kappa shape index (κ2) is 8.31. The second-order valence-corrected chi connectivity index (χ2v) is 6.33. The molecule has 0 aliphatic carbocycles. The fourth-order valence-corrected chi connectivity index (χ4v) is 2.71. The first kappa shape index (κ1) is 20.3. The Bertz CT molecular complexity index is 1120. The molecule has 11 heteroatoms. The van der Waals surface area contributed by atoms with Gasteiger partial charge in [0.25, 0.3) is 5.91 Å². The molecule has 0 fully saturated rings. The molecule has 0 aliphatic rings. The van der Waals surface area contributed by atoms with Crippen LogP contribution in [0.1, 0.15) is 15.9 Å². The number of rotatable bonds is 7. The third-order valence-corrected chi connectivity index (χ3v) is 4.22. The van der Waals surface area contributed by atoms with E-state index in [1.54, 1.807) is 18.2 Å². The average molecular weight is 410 g/mol. The zero-order valence-electron chi connectivity index (χ0n) is 15.5. The van der Waals surface area contributed by atoms with Crippen molar-refractivity contribution >= 4 is 46.2 Å². The van der Waals surface area contributed by atoms with Crippen molar-refractivity contribution in [2.45, 2.75) is 12.6 Å². The van der Waals surface area contributed by atoms with E-state index in [1.807, 2.05) is 17.4 Å². The molecule has 0 saturated heterocycles. The number of anilines is 3. The second-order valence-electron chi connectivity index (χ2n) is 6.33. The van der Waals surface area contributed by atoms with Crippen LogP contribution in [-0.4, -0.2) is 44.1 Å². The topological polar surface area (TPSA) is 194 Å². The fourth-order valence-electron chi connectivity index (χ4n) is 2.71. The van der Waals surface area contributed by atoms with Gasteiger partial charge in [0.15, 0.2) is 0 Å². The quantitative estimate of drug-likeness (QED) is 0.301. The number of carbonyl (C=O) groups is 3. The highest BCUT2D eigenvalue weighted by Crippen LogP contribution is 2.21. The lowest BCUT2D eigenvalue weighted by Gasteiger charge is -2.11. The molecule has 2 aromatic carbocycles. The van der Waals surface area contributed by atoms with Crippen molar-refractivity contribution in [2.75, 3.05) is 16.8 Å². The number of nitrogens with one attached hydrogen (secondary N) is 2. The molecule has 0 bridgehead atoms. The number of nitrogen functional groups attached to an aromatic ring is 2. The molecule has 0 radical (unpaired) electrons. The van der Waals surface area contributed by atoms with Gasteiger partial charge in [0.1, 0.15) is 5.82 Å². The van der Waals surface area contributed by atoms with Gasteiger partial charge in [0, 0.05) is 23.2 Å². The molecular weight excluding hydrogens is 392 g/mol. The van der Waals surface area contributed by atoms with Gasteiger partial charge in [-0.05, 0) is 42.0 Å². The summed E-state index contributed by atoms with van der Waals surface area (Å²) < 4.78 is 0. The van der Waals surface area contributed by atoms with Gasteiger partial charge >= 0.3 is 11.9 Å². The predicted molar refractivity (Wildman–Crippen MR) is 109 cm³/mol. The molecule has 0 saturated carbocycles. The van der Waals surface area contributed by atoms with Crippen LogP contribution in [-0.2, 0) is 16.1 Å². The van der Waals surface area contributed by atoms with Crippen LogP contribution in [0.4, 0.5) is 17.5 Å².